The molecule has 2 aliphatic heterocycles. The number of benzene rings is 1. The van der Waals surface area contributed by atoms with Crippen LogP contribution >= 0.6 is 11.3 Å². The Bertz CT molecular complexity index is 748. The SMILES string of the molecule is CC1(N)NNC=C1c1nc2ccc(CN3CCOCC3)cc2s1. The van der Waals surface area contributed by atoms with E-state index in [2.05, 4.69) is 34.0 Å². The van der Waals surface area contributed by atoms with Crippen molar-refractivity contribution in [1.82, 2.24) is 20.7 Å². The summed E-state index contributed by atoms with van der Waals surface area (Å²) in [6.45, 7) is 6.57. The van der Waals surface area contributed by atoms with Crippen molar-refractivity contribution in [3.8, 4) is 0 Å². The fourth-order valence-corrected chi connectivity index (χ4v) is 4.12. The number of hydrogen-bond donors (Lipinski definition) is 3. The second kappa shape index (κ2) is 5.85. The summed E-state index contributed by atoms with van der Waals surface area (Å²) in [4.78, 5) is 7.16. The zero-order chi connectivity index (χ0) is 15.9. The summed E-state index contributed by atoms with van der Waals surface area (Å²) < 4.78 is 6.61. The van der Waals surface area contributed by atoms with Gasteiger partial charge in [-0.1, -0.05) is 6.07 Å². The molecule has 2 aliphatic rings. The number of fused-ring (bicyclic) bond motifs is 1. The minimum Gasteiger partial charge on any atom is -0.379 e. The Morgan fingerprint density at radius 2 is 2.22 bits per heavy atom. The van der Waals surface area contributed by atoms with E-state index in [1.165, 1.54) is 10.3 Å². The molecule has 0 spiro atoms. The van der Waals surface area contributed by atoms with E-state index in [4.69, 9.17) is 15.5 Å². The molecule has 0 radical (unpaired) electrons. The molecular weight excluding hydrogens is 310 g/mol. The number of nitrogens with zero attached hydrogens (tertiary/aromatic N) is 2. The van der Waals surface area contributed by atoms with E-state index in [1.807, 2.05) is 13.1 Å². The molecule has 6 nitrogen and oxygen atoms in total. The van der Waals surface area contributed by atoms with Crippen molar-refractivity contribution in [2.45, 2.75) is 19.1 Å². The van der Waals surface area contributed by atoms with E-state index in [1.54, 1.807) is 11.3 Å². The Kier molecular flexibility index (Phi) is 3.82. The minimum absolute atomic E-state index is 0.593. The van der Waals surface area contributed by atoms with Crippen LogP contribution in [0.25, 0.3) is 15.8 Å². The third-order valence-electron chi connectivity index (χ3n) is 4.30. The second-order valence-corrected chi connectivity index (χ2v) is 7.27. The first-order chi connectivity index (χ1) is 11.1. The number of hydrogen-bond acceptors (Lipinski definition) is 7. The summed E-state index contributed by atoms with van der Waals surface area (Å²) in [7, 11) is 0. The zero-order valence-corrected chi connectivity index (χ0v) is 13.9. The molecule has 0 aliphatic carbocycles. The molecule has 1 aromatic heterocycles. The molecule has 4 rings (SSSR count). The summed E-state index contributed by atoms with van der Waals surface area (Å²) in [5.41, 5.74) is 15.0. The molecule has 122 valence electrons. The van der Waals surface area contributed by atoms with E-state index in [-0.39, 0.29) is 0 Å². The van der Waals surface area contributed by atoms with Gasteiger partial charge in [-0.25, -0.2) is 10.4 Å². The highest BCUT2D eigenvalue weighted by molar-refractivity contribution is 7.19. The number of morpholine rings is 1. The van der Waals surface area contributed by atoms with Crippen molar-refractivity contribution in [3.05, 3.63) is 35.0 Å². The van der Waals surface area contributed by atoms with Gasteiger partial charge in [0.05, 0.1) is 23.4 Å². The van der Waals surface area contributed by atoms with Gasteiger partial charge in [0, 0.05) is 31.4 Å². The first-order valence-corrected chi connectivity index (χ1v) is 8.66. The highest BCUT2D eigenvalue weighted by Crippen LogP contribution is 2.32. The Balaban J connectivity index is 1.59. The minimum atomic E-state index is -0.593. The Labute approximate surface area is 139 Å². The molecule has 23 heavy (non-hydrogen) atoms. The lowest BCUT2D eigenvalue weighted by molar-refractivity contribution is 0.0342. The number of rotatable bonds is 3. The normalized spacial score (nSPS) is 25.6. The van der Waals surface area contributed by atoms with Gasteiger partial charge in [-0.15, -0.1) is 11.3 Å². The smallest absolute Gasteiger partial charge is 0.125 e. The average molecular weight is 331 g/mol. The van der Waals surface area contributed by atoms with Crippen LogP contribution in [0.15, 0.2) is 24.4 Å². The summed E-state index contributed by atoms with van der Waals surface area (Å²) in [6, 6.07) is 6.52. The van der Waals surface area contributed by atoms with Crippen LogP contribution in [0, 0.1) is 0 Å². The number of hydrazine groups is 1. The first-order valence-electron chi connectivity index (χ1n) is 7.84. The Morgan fingerprint density at radius 1 is 1.39 bits per heavy atom. The molecule has 2 aromatic rings. The lowest BCUT2D eigenvalue weighted by Crippen LogP contribution is -2.51. The standard InChI is InChI=1S/C16H21N5OS/c1-16(17)12(9-18-20-16)15-19-13-3-2-11(8-14(13)23-15)10-21-4-6-22-7-5-21/h2-3,8-9,18,20H,4-7,10,17H2,1H3. The second-order valence-electron chi connectivity index (χ2n) is 6.24. The quantitative estimate of drug-likeness (QED) is 0.786. The predicted molar refractivity (Wildman–Crippen MR) is 92.6 cm³/mol. The molecule has 1 aromatic carbocycles. The number of aromatic nitrogens is 1. The fourth-order valence-electron chi connectivity index (χ4n) is 2.96. The third-order valence-corrected chi connectivity index (χ3v) is 5.35. The van der Waals surface area contributed by atoms with E-state index < -0.39 is 5.66 Å². The average Bonchev–Trinajstić information content (AvgIpc) is 3.10. The Hall–Kier alpha value is -1.51. The number of nitrogens with two attached hydrogens (primary N) is 1. The molecule has 1 atom stereocenters. The Morgan fingerprint density at radius 3 is 2.96 bits per heavy atom. The molecule has 0 bridgehead atoms. The van der Waals surface area contributed by atoms with E-state index in [0.717, 1.165) is 48.9 Å². The lowest BCUT2D eigenvalue weighted by atomic mass is 10.1. The topological polar surface area (TPSA) is 75.4 Å². The van der Waals surface area contributed by atoms with Gasteiger partial charge in [-0.2, -0.15) is 0 Å². The molecule has 4 N–H and O–H groups in total. The van der Waals surface area contributed by atoms with Gasteiger partial charge in [-0.3, -0.25) is 4.90 Å². The zero-order valence-electron chi connectivity index (χ0n) is 13.1. The van der Waals surface area contributed by atoms with Crippen molar-refractivity contribution in [1.29, 1.82) is 0 Å². The summed E-state index contributed by atoms with van der Waals surface area (Å²) in [6.07, 6.45) is 1.90. The molecular formula is C16H21N5OS. The third kappa shape index (κ3) is 2.98. The number of thiazole rings is 1. The summed E-state index contributed by atoms with van der Waals surface area (Å²) in [5.74, 6) is 0. The lowest BCUT2D eigenvalue weighted by Gasteiger charge is -2.26. The maximum absolute atomic E-state index is 6.24. The van der Waals surface area contributed by atoms with Gasteiger partial charge in [-0.05, 0) is 24.6 Å². The van der Waals surface area contributed by atoms with Crippen LogP contribution in [0.5, 0.6) is 0 Å². The van der Waals surface area contributed by atoms with Crippen molar-refractivity contribution in [3.63, 3.8) is 0 Å². The van der Waals surface area contributed by atoms with Crippen LogP contribution in [0.2, 0.25) is 0 Å². The molecule has 3 heterocycles. The maximum atomic E-state index is 6.24. The van der Waals surface area contributed by atoms with Crippen molar-refractivity contribution < 1.29 is 4.74 Å². The molecule has 0 saturated carbocycles. The summed E-state index contributed by atoms with van der Waals surface area (Å²) in [5, 5.41) is 0.964. The van der Waals surface area contributed by atoms with Gasteiger partial charge in [0.2, 0.25) is 0 Å². The predicted octanol–water partition coefficient (Wildman–Crippen LogP) is 1.25. The fraction of sp³-hybridized carbons (Fsp3) is 0.438. The monoisotopic (exact) mass is 331 g/mol. The highest BCUT2D eigenvalue weighted by Gasteiger charge is 2.31. The van der Waals surface area contributed by atoms with E-state index in [0.29, 0.717) is 0 Å². The summed E-state index contributed by atoms with van der Waals surface area (Å²) >= 11 is 1.69. The van der Waals surface area contributed by atoms with Gasteiger partial charge in [0.25, 0.3) is 0 Å². The van der Waals surface area contributed by atoms with Gasteiger partial charge < -0.3 is 15.9 Å². The molecule has 1 saturated heterocycles. The number of nitrogens with one attached hydrogen (secondary N) is 2. The van der Waals surface area contributed by atoms with Gasteiger partial charge in [0.15, 0.2) is 0 Å². The van der Waals surface area contributed by atoms with Gasteiger partial charge in [0.1, 0.15) is 10.7 Å². The van der Waals surface area contributed by atoms with Crippen LogP contribution in [-0.2, 0) is 11.3 Å². The van der Waals surface area contributed by atoms with Crippen LogP contribution < -0.4 is 16.6 Å². The van der Waals surface area contributed by atoms with Crippen molar-refractivity contribution in [2.24, 2.45) is 5.73 Å². The molecule has 1 unspecified atom stereocenters. The van der Waals surface area contributed by atoms with E-state index in [9.17, 15) is 0 Å². The highest BCUT2D eigenvalue weighted by atomic mass is 32.1. The molecule has 1 fully saturated rings. The van der Waals surface area contributed by atoms with Crippen LogP contribution in [0.3, 0.4) is 0 Å². The van der Waals surface area contributed by atoms with Crippen molar-refractivity contribution >= 4 is 27.1 Å². The largest absolute Gasteiger partial charge is 0.379 e. The van der Waals surface area contributed by atoms with E-state index >= 15 is 0 Å². The van der Waals surface area contributed by atoms with Crippen LogP contribution in [-0.4, -0.2) is 41.9 Å². The van der Waals surface area contributed by atoms with Crippen LogP contribution in [0.4, 0.5) is 0 Å². The maximum Gasteiger partial charge on any atom is 0.125 e. The van der Waals surface area contributed by atoms with Crippen molar-refractivity contribution in [2.75, 3.05) is 26.3 Å². The molecule has 7 heteroatoms. The van der Waals surface area contributed by atoms with Gasteiger partial charge >= 0.3 is 0 Å². The van der Waals surface area contributed by atoms with Crippen LogP contribution in [0.1, 0.15) is 17.5 Å². The molecule has 0 amide bonds. The number of ether oxygens (including phenoxy) is 1. The first kappa shape index (κ1) is 15.0.